The Hall–Kier alpha value is -2.49. The summed E-state index contributed by atoms with van der Waals surface area (Å²) < 4.78 is 49.6. The van der Waals surface area contributed by atoms with Gasteiger partial charge in [0, 0.05) is 17.5 Å². The Kier molecular flexibility index (Phi) is 5.45. The van der Waals surface area contributed by atoms with Gasteiger partial charge in [0.15, 0.2) is 9.84 Å². The number of sulfone groups is 1. The zero-order chi connectivity index (χ0) is 19.5. The average molecular weight is 406 g/mol. The number of rotatable bonds is 6. The molecule has 1 atom stereocenters. The van der Waals surface area contributed by atoms with Crippen molar-refractivity contribution in [3.05, 3.63) is 77.2 Å². The molecule has 0 radical (unpaired) electrons. The minimum Gasteiger partial charge on any atom is -0.345 e. The van der Waals surface area contributed by atoms with E-state index in [-0.39, 0.29) is 17.2 Å². The van der Waals surface area contributed by atoms with E-state index in [4.69, 9.17) is 0 Å². The lowest BCUT2D eigenvalue weighted by Gasteiger charge is -2.11. The molecule has 0 aromatic heterocycles. The van der Waals surface area contributed by atoms with Gasteiger partial charge in [-0.1, -0.05) is 30.3 Å². The molecule has 0 unspecified atom stereocenters. The lowest BCUT2D eigenvalue weighted by molar-refractivity contribution is 0.0947. The van der Waals surface area contributed by atoms with Crippen LogP contribution < -0.4 is 10.0 Å². The first-order valence-corrected chi connectivity index (χ1v) is 11.3. The summed E-state index contributed by atoms with van der Waals surface area (Å²) in [5.41, 5.74) is 1.05. The minimum absolute atomic E-state index is 0.0860. The van der Waals surface area contributed by atoms with Gasteiger partial charge < -0.3 is 5.32 Å². The van der Waals surface area contributed by atoms with Gasteiger partial charge in [-0.25, -0.2) is 21.6 Å². The number of benzene rings is 2. The predicted molar refractivity (Wildman–Crippen MR) is 101 cm³/mol. The molecule has 1 aliphatic heterocycles. The Balaban J connectivity index is 1.59. The Bertz CT molecular complexity index is 1060. The Labute approximate surface area is 158 Å². The summed E-state index contributed by atoms with van der Waals surface area (Å²) >= 11 is 0. The Morgan fingerprint density at radius 1 is 1.04 bits per heavy atom. The van der Waals surface area contributed by atoms with Crippen molar-refractivity contribution in [1.82, 2.24) is 10.0 Å². The number of carbonyl (C=O) groups is 1. The van der Waals surface area contributed by atoms with Gasteiger partial charge in [-0.2, -0.15) is 0 Å². The first kappa shape index (κ1) is 19.3. The van der Waals surface area contributed by atoms with Crippen LogP contribution in [0.15, 0.2) is 71.0 Å². The maximum atomic E-state index is 12.2. The quantitative estimate of drug-likeness (QED) is 0.749. The van der Waals surface area contributed by atoms with E-state index < -0.39 is 31.8 Å². The van der Waals surface area contributed by atoms with Crippen LogP contribution in [0.25, 0.3) is 0 Å². The van der Waals surface area contributed by atoms with Crippen molar-refractivity contribution >= 4 is 25.8 Å². The molecule has 0 saturated heterocycles. The predicted octanol–water partition coefficient (Wildman–Crippen LogP) is 1.21. The fourth-order valence-electron chi connectivity index (χ4n) is 2.55. The number of nitrogens with one attached hydrogen (secondary N) is 2. The maximum Gasteiger partial charge on any atom is 0.251 e. The molecule has 142 valence electrons. The van der Waals surface area contributed by atoms with Crippen molar-refractivity contribution in [2.75, 3.05) is 5.75 Å². The minimum atomic E-state index is -3.61. The lowest BCUT2D eigenvalue weighted by atomic mass is 10.1. The second-order valence-electron chi connectivity index (χ2n) is 6.07. The zero-order valence-corrected chi connectivity index (χ0v) is 15.8. The largest absolute Gasteiger partial charge is 0.345 e. The molecule has 2 N–H and O–H groups in total. The molecule has 3 rings (SSSR count). The van der Waals surface area contributed by atoms with E-state index in [9.17, 15) is 21.6 Å². The van der Waals surface area contributed by atoms with Gasteiger partial charge in [-0.15, -0.1) is 0 Å². The van der Waals surface area contributed by atoms with Crippen LogP contribution in [0, 0.1) is 0 Å². The highest BCUT2D eigenvalue weighted by Gasteiger charge is 2.23. The molecule has 0 spiro atoms. The molecule has 27 heavy (non-hydrogen) atoms. The zero-order valence-electron chi connectivity index (χ0n) is 14.2. The monoisotopic (exact) mass is 406 g/mol. The van der Waals surface area contributed by atoms with Crippen LogP contribution in [0.5, 0.6) is 0 Å². The molecular weight excluding hydrogens is 388 g/mol. The number of hydrogen-bond acceptors (Lipinski definition) is 5. The van der Waals surface area contributed by atoms with Crippen molar-refractivity contribution in [3.63, 3.8) is 0 Å². The maximum absolute atomic E-state index is 12.2. The van der Waals surface area contributed by atoms with E-state index in [0.29, 0.717) is 11.1 Å². The van der Waals surface area contributed by atoms with Crippen molar-refractivity contribution in [2.24, 2.45) is 0 Å². The van der Waals surface area contributed by atoms with Gasteiger partial charge in [0.2, 0.25) is 10.0 Å². The molecule has 9 heteroatoms. The smallest absolute Gasteiger partial charge is 0.251 e. The third-order valence-electron chi connectivity index (χ3n) is 3.98. The second kappa shape index (κ2) is 7.63. The topological polar surface area (TPSA) is 109 Å². The lowest BCUT2D eigenvalue weighted by Crippen LogP contribution is -2.35. The van der Waals surface area contributed by atoms with Crippen molar-refractivity contribution in [2.45, 2.75) is 17.5 Å². The van der Waals surface area contributed by atoms with Crippen LogP contribution in [0.4, 0.5) is 0 Å². The van der Waals surface area contributed by atoms with Gasteiger partial charge >= 0.3 is 0 Å². The van der Waals surface area contributed by atoms with Crippen LogP contribution in [0.2, 0.25) is 0 Å². The molecular formula is C18H18N2O5S2. The summed E-state index contributed by atoms with van der Waals surface area (Å²) in [6, 6.07) is 13.9. The van der Waals surface area contributed by atoms with Crippen LogP contribution in [-0.2, 0) is 26.4 Å². The molecule has 2 aromatic rings. The molecule has 0 bridgehead atoms. The van der Waals surface area contributed by atoms with Gasteiger partial charge in [0.05, 0.1) is 16.7 Å². The first-order chi connectivity index (χ1) is 12.8. The van der Waals surface area contributed by atoms with Gasteiger partial charge in [-0.3, -0.25) is 4.79 Å². The third kappa shape index (κ3) is 5.03. The summed E-state index contributed by atoms with van der Waals surface area (Å²) in [5, 5.41) is 3.73. The van der Waals surface area contributed by atoms with E-state index in [1.165, 1.54) is 18.2 Å². The van der Waals surface area contributed by atoms with E-state index in [1.807, 2.05) is 0 Å². The molecule has 1 aliphatic rings. The Morgan fingerprint density at radius 2 is 1.70 bits per heavy atom. The van der Waals surface area contributed by atoms with Gasteiger partial charge in [0.1, 0.15) is 0 Å². The average Bonchev–Trinajstić information content (AvgIpc) is 2.99. The van der Waals surface area contributed by atoms with Gasteiger partial charge in [-0.05, 0) is 35.9 Å². The summed E-state index contributed by atoms with van der Waals surface area (Å²) in [6.07, 6.45) is 1.44. The summed E-state index contributed by atoms with van der Waals surface area (Å²) in [4.78, 5) is 12.4. The second-order valence-corrected chi connectivity index (χ2v) is 9.77. The standard InChI is InChI=1S/C18H18N2O5S2/c21-18(20-16-10-11-26(22,23)13-16)15-8-6-14(7-9-15)12-19-27(24,25)17-4-2-1-3-5-17/h1-11,16,19H,12-13H2,(H,20,21)/t16-/m0/s1. The van der Waals surface area contributed by atoms with Crippen molar-refractivity contribution in [1.29, 1.82) is 0 Å². The number of sulfonamides is 1. The number of amides is 1. The molecule has 0 fully saturated rings. The Morgan fingerprint density at radius 3 is 2.30 bits per heavy atom. The van der Waals surface area contributed by atoms with Crippen LogP contribution >= 0.6 is 0 Å². The molecule has 0 aliphatic carbocycles. The fourth-order valence-corrected chi connectivity index (χ4v) is 4.83. The molecule has 1 amide bonds. The summed E-state index contributed by atoms with van der Waals surface area (Å²) in [7, 11) is -6.84. The van der Waals surface area contributed by atoms with Crippen molar-refractivity contribution < 1.29 is 21.6 Å². The highest BCUT2D eigenvalue weighted by Crippen LogP contribution is 2.11. The SMILES string of the molecule is O=C(N[C@H]1C=CS(=O)(=O)C1)c1ccc(CNS(=O)(=O)c2ccccc2)cc1. The van der Waals surface area contributed by atoms with Crippen LogP contribution in [-0.4, -0.2) is 34.5 Å². The van der Waals surface area contributed by atoms with E-state index in [0.717, 1.165) is 5.41 Å². The first-order valence-electron chi connectivity index (χ1n) is 8.11. The van der Waals surface area contributed by atoms with Crippen LogP contribution in [0.3, 0.4) is 0 Å². The van der Waals surface area contributed by atoms with E-state index in [2.05, 4.69) is 10.0 Å². The van der Waals surface area contributed by atoms with E-state index >= 15 is 0 Å². The molecule has 7 nitrogen and oxygen atoms in total. The highest BCUT2D eigenvalue weighted by atomic mass is 32.2. The fraction of sp³-hybridized carbons (Fsp3) is 0.167. The molecule has 0 saturated carbocycles. The molecule has 2 aromatic carbocycles. The molecule has 1 heterocycles. The van der Waals surface area contributed by atoms with Crippen LogP contribution in [0.1, 0.15) is 15.9 Å². The highest BCUT2D eigenvalue weighted by molar-refractivity contribution is 7.94. The number of carbonyl (C=O) groups excluding carboxylic acids is 1. The normalized spacial score (nSPS) is 18.3. The summed E-state index contributed by atoms with van der Waals surface area (Å²) in [5.74, 6) is -0.531. The third-order valence-corrected chi connectivity index (χ3v) is 6.80. The number of hydrogen-bond donors (Lipinski definition) is 2. The summed E-state index contributed by atoms with van der Waals surface area (Å²) in [6.45, 7) is 0.0860. The van der Waals surface area contributed by atoms with Gasteiger partial charge in [0.25, 0.3) is 5.91 Å². The van der Waals surface area contributed by atoms with E-state index in [1.54, 1.807) is 42.5 Å². The van der Waals surface area contributed by atoms with Crippen molar-refractivity contribution in [3.8, 4) is 0 Å².